The fourth-order valence-corrected chi connectivity index (χ4v) is 4.44. The number of carbonyl (C=O) groups is 3. The highest BCUT2D eigenvalue weighted by atomic mass is 16.5. The summed E-state index contributed by atoms with van der Waals surface area (Å²) in [5.41, 5.74) is 0.963. The van der Waals surface area contributed by atoms with Crippen molar-refractivity contribution in [3.8, 4) is 5.75 Å². The van der Waals surface area contributed by atoms with Gasteiger partial charge in [-0.1, -0.05) is 72.8 Å². The summed E-state index contributed by atoms with van der Waals surface area (Å²) in [6, 6.07) is 24.9. The molecule has 3 aromatic rings. The first kappa shape index (κ1) is 20.8. The Kier molecular flexibility index (Phi) is 5.09. The lowest BCUT2D eigenvalue weighted by Gasteiger charge is -2.37. The van der Waals surface area contributed by atoms with Gasteiger partial charge in [0.1, 0.15) is 24.4 Å². The monoisotopic (exact) mass is 441 g/mol. The minimum Gasteiger partial charge on any atom is -0.489 e. The highest BCUT2D eigenvalue weighted by Crippen LogP contribution is 2.39. The van der Waals surface area contributed by atoms with Gasteiger partial charge in [0, 0.05) is 0 Å². The molecule has 2 aliphatic heterocycles. The Morgan fingerprint density at radius 3 is 2.33 bits per heavy atom. The van der Waals surface area contributed by atoms with E-state index in [2.05, 4.69) is 5.32 Å². The summed E-state index contributed by atoms with van der Waals surface area (Å²) >= 11 is 0. The lowest BCUT2D eigenvalue weighted by atomic mass is 9.92. The number of nitrogens with zero attached hydrogens (tertiary/aromatic N) is 2. The largest absolute Gasteiger partial charge is 0.489 e. The van der Waals surface area contributed by atoms with E-state index in [1.807, 2.05) is 66.7 Å². The predicted octanol–water partition coefficient (Wildman–Crippen LogP) is 3.62. The Balaban J connectivity index is 1.46. The second-order valence-electron chi connectivity index (χ2n) is 8.28. The van der Waals surface area contributed by atoms with Gasteiger partial charge in [-0.3, -0.25) is 19.4 Å². The third-order valence-corrected chi connectivity index (χ3v) is 6.21. The van der Waals surface area contributed by atoms with E-state index in [0.29, 0.717) is 17.0 Å². The van der Waals surface area contributed by atoms with Crippen LogP contribution in [0.5, 0.6) is 5.75 Å². The number of fused-ring (bicyclic) bond motifs is 1. The van der Waals surface area contributed by atoms with E-state index in [9.17, 15) is 14.4 Å². The zero-order valence-electron chi connectivity index (χ0n) is 18.1. The number of imide groups is 1. The van der Waals surface area contributed by atoms with Crippen LogP contribution in [-0.2, 0) is 15.1 Å². The fraction of sp³-hybridized carbons (Fsp3) is 0.192. The van der Waals surface area contributed by atoms with Crippen LogP contribution >= 0.6 is 0 Å². The molecule has 0 saturated carbocycles. The molecule has 4 amide bonds. The maximum absolute atomic E-state index is 13.6. The van der Waals surface area contributed by atoms with Gasteiger partial charge < -0.3 is 10.1 Å². The molecule has 2 atom stereocenters. The molecule has 7 nitrogen and oxygen atoms in total. The van der Waals surface area contributed by atoms with Crippen LogP contribution in [-0.4, -0.2) is 35.9 Å². The number of para-hydroxylation sites is 2. The Labute approximate surface area is 191 Å². The molecule has 2 aliphatic rings. The van der Waals surface area contributed by atoms with Gasteiger partial charge in [-0.05, 0) is 30.2 Å². The van der Waals surface area contributed by atoms with Crippen molar-refractivity contribution >= 4 is 23.5 Å². The molecule has 166 valence electrons. The molecule has 7 heteroatoms. The van der Waals surface area contributed by atoms with E-state index in [1.165, 1.54) is 0 Å². The molecule has 0 aliphatic carbocycles. The SMILES string of the molecule is C[C@@]1(c2ccccc2)NC(=O)N(CC(=O)N2c3ccccc3OC[C@H]2c2ccccc2)C1=O. The Morgan fingerprint density at radius 2 is 1.61 bits per heavy atom. The molecule has 1 fully saturated rings. The third-order valence-electron chi connectivity index (χ3n) is 6.21. The number of anilines is 1. The van der Waals surface area contributed by atoms with Crippen LogP contribution in [0, 0.1) is 0 Å². The summed E-state index contributed by atoms with van der Waals surface area (Å²) in [5, 5.41) is 2.76. The van der Waals surface area contributed by atoms with Gasteiger partial charge in [-0.2, -0.15) is 0 Å². The zero-order chi connectivity index (χ0) is 23.0. The zero-order valence-corrected chi connectivity index (χ0v) is 18.1. The first-order valence-corrected chi connectivity index (χ1v) is 10.8. The molecule has 2 heterocycles. The van der Waals surface area contributed by atoms with Crippen LogP contribution in [0.25, 0.3) is 0 Å². The summed E-state index contributed by atoms with van der Waals surface area (Å²) in [6.07, 6.45) is 0. The van der Waals surface area contributed by atoms with Crippen molar-refractivity contribution in [1.29, 1.82) is 0 Å². The normalized spacial score (nSPS) is 21.9. The Bertz CT molecular complexity index is 1210. The highest BCUT2D eigenvalue weighted by molar-refractivity contribution is 6.10. The number of nitrogens with one attached hydrogen (secondary N) is 1. The number of ether oxygens (including phenoxy) is 1. The van der Waals surface area contributed by atoms with E-state index in [0.717, 1.165) is 10.5 Å². The quantitative estimate of drug-likeness (QED) is 0.628. The number of amides is 4. The van der Waals surface area contributed by atoms with E-state index >= 15 is 0 Å². The molecule has 0 aromatic heterocycles. The minimum atomic E-state index is -1.22. The van der Waals surface area contributed by atoms with Crippen molar-refractivity contribution in [1.82, 2.24) is 10.2 Å². The average molecular weight is 441 g/mol. The smallest absolute Gasteiger partial charge is 0.325 e. The molecular weight excluding hydrogens is 418 g/mol. The summed E-state index contributed by atoms with van der Waals surface area (Å²) in [6.45, 7) is 1.56. The molecular formula is C26H23N3O4. The van der Waals surface area contributed by atoms with Gasteiger partial charge in [0.25, 0.3) is 5.91 Å². The van der Waals surface area contributed by atoms with Crippen LogP contribution < -0.4 is 15.0 Å². The number of urea groups is 1. The number of benzene rings is 3. The van der Waals surface area contributed by atoms with Crippen LogP contribution in [0.15, 0.2) is 84.9 Å². The summed E-state index contributed by atoms with van der Waals surface area (Å²) in [5.74, 6) is -0.227. The molecule has 5 rings (SSSR count). The number of hydrogen-bond donors (Lipinski definition) is 1. The van der Waals surface area contributed by atoms with Crippen LogP contribution in [0.3, 0.4) is 0 Å². The van der Waals surface area contributed by atoms with E-state index in [1.54, 1.807) is 30.0 Å². The summed E-state index contributed by atoms with van der Waals surface area (Å²) in [7, 11) is 0. The van der Waals surface area contributed by atoms with Crippen LogP contribution in [0.1, 0.15) is 24.1 Å². The van der Waals surface area contributed by atoms with Crippen molar-refractivity contribution in [3.05, 3.63) is 96.1 Å². The van der Waals surface area contributed by atoms with Gasteiger partial charge in [-0.15, -0.1) is 0 Å². The van der Waals surface area contributed by atoms with Gasteiger partial charge in [0.15, 0.2) is 0 Å². The molecule has 3 aromatic carbocycles. The summed E-state index contributed by atoms with van der Waals surface area (Å²) in [4.78, 5) is 42.4. The van der Waals surface area contributed by atoms with E-state index < -0.39 is 17.5 Å². The topological polar surface area (TPSA) is 79.0 Å². The summed E-state index contributed by atoms with van der Waals surface area (Å²) < 4.78 is 5.92. The van der Waals surface area contributed by atoms with Crippen molar-refractivity contribution in [2.75, 3.05) is 18.1 Å². The van der Waals surface area contributed by atoms with Gasteiger partial charge >= 0.3 is 6.03 Å². The number of carbonyl (C=O) groups excluding carboxylic acids is 3. The molecule has 1 saturated heterocycles. The first-order chi connectivity index (χ1) is 16.0. The molecule has 0 radical (unpaired) electrons. The maximum atomic E-state index is 13.6. The molecule has 33 heavy (non-hydrogen) atoms. The molecule has 1 N–H and O–H groups in total. The lowest BCUT2D eigenvalue weighted by Crippen LogP contribution is -2.48. The van der Waals surface area contributed by atoms with Crippen molar-refractivity contribution in [2.24, 2.45) is 0 Å². The Morgan fingerprint density at radius 1 is 0.970 bits per heavy atom. The van der Waals surface area contributed by atoms with Gasteiger partial charge in [0.05, 0.1) is 11.7 Å². The van der Waals surface area contributed by atoms with E-state index in [4.69, 9.17) is 4.74 Å². The molecule has 0 spiro atoms. The van der Waals surface area contributed by atoms with Crippen molar-refractivity contribution in [2.45, 2.75) is 18.5 Å². The Hall–Kier alpha value is -4.13. The van der Waals surface area contributed by atoms with Crippen LogP contribution in [0.4, 0.5) is 10.5 Å². The fourth-order valence-electron chi connectivity index (χ4n) is 4.44. The molecule has 0 unspecified atom stereocenters. The van der Waals surface area contributed by atoms with E-state index in [-0.39, 0.29) is 25.1 Å². The van der Waals surface area contributed by atoms with Gasteiger partial charge in [0.2, 0.25) is 5.91 Å². The minimum absolute atomic E-state index is 0.272. The highest BCUT2D eigenvalue weighted by Gasteiger charge is 2.50. The predicted molar refractivity (Wildman–Crippen MR) is 123 cm³/mol. The lowest BCUT2D eigenvalue weighted by molar-refractivity contribution is -0.134. The first-order valence-electron chi connectivity index (χ1n) is 10.8. The number of hydrogen-bond acceptors (Lipinski definition) is 4. The molecule has 0 bridgehead atoms. The maximum Gasteiger partial charge on any atom is 0.325 e. The second kappa shape index (κ2) is 8.09. The van der Waals surface area contributed by atoms with Crippen LogP contribution in [0.2, 0.25) is 0 Å². The van der Waals surface area contributed by atoms with Crippen molar-refractivity contribution in [3.63, 3.8) is 0 Å². The number of rotatable bonds is 4. The van der Waals surface area contributed by atoms with Gasteiger partial charge in [-0.25, -0.2) is 4.79 Å². The van der Waals surface area contributed by atoms with Crippen molar-refractivity contribution < 1.29 is 19.1 Å². The average Bonchev–Trinajstić information content (AvgIpc) is 3.08. The standard InChI is InChI=1S/C26H23N3O4/c1-26(19-12-6-3-7-13-19)24(31)28(25(32)27-26)16-23(30)29-20-14-8-9-15-22(20)33-17-21(29)18-10-4-2-5-11-18/h2-15,21H,16-17H2,1H3,(H,27,32)/t21-,26-/m0/s1. The second-order valence-corrected chi connectivity index (χ2v) is 8.28. The third kappa shape index (κ3) is 3.51.